The molecule has 0 spiro atoms. The summed E-state index contributed by atoms with van der Waals surface area (Å²) in [6, 6.07) is 4.15. The molecule has 7 nitrogen and oxygen atoms in total. The van der Waals surface area contributed by atoms with Crippen LogP contribution in [0.3, 0.4) is 0 Å². The highest BCUT2D eigenvalue weighted by Gasteiger charge is 2.19. The molecule has 0 aliphatic carbocycles. The van der Waals surface area contributed by atoms with E-state index in [0.717, 1.165) is 0 Å². The molecule has 1 aromatic heterocycles. The summed E-state index contributed by atoms with van der Waals surface area (Å²) in [6.45, 7) is 5.34. The Hall–Kier alpha value is -2.22. The molecule has 9 heteroatoms. The van der Waals surface area contributed by atoms with E-state index in [2.05, 4.69) is 15.3 Å². The monoisotopic (exact) mass is 410 g/mol. The van der Waals surface area contributed by atoms with Crippen molar-refractivity contribution in [3.05, 3.63) is 45.8 Å². The van der Waals surface area contributed by atoms with Gasteiger partial charge in [0.1, 0.15) is 11.4 Å². The topological polar surface area (TPSA) is 107 Å². The van der Waals surface area contributed by atoms with Crippen molar-refractivity contribution in [3.8, 4) is 11.3 Å². The number of aldehydes is 1. The normalized spacial score (nSPS) is 12.4. The van der Waals surface area contributed by atoms with Gasteiger partial charge in [0, 0.05) is 23.3 Å². The number of benzene rings is 1. The molecule has 27 heavy (non-hydrogen) atoms. The summed E-state index contributed by atoms with van der Waals surface area (Å²) in [6.07, 6.45) is 1.40. The molecule has 0 fully saturated rings. The molecule has 1 heterocycles. The fourth-order valence-electron chi connectivity index (χ4n) is 2.17. The van der Waals surface area contributed by atoms with Gasteiger partial charge >= 0.3 is 6.09 Å². The van der Waals surface area contributed by atoms with Gasteiger partial charge in [0.15, 0.2) is 6.29 Å². The molecule has 1 unspecified atom stereocenters. The van der Waals surface area contributed by atoms with Crippen LogP contribution in [0.25, 0.3) is 11.3 Å². The Kier molecular flexibility index (Phi) is 6.75. The van der Waals surface area contributed by atoms with E-state index in [0.29, 0.717) is 27.6 Å². The first-order valence-electron chi connectivity index (χ1n) is 8.10. The van der Waals surface area contributed by atoms with Gasteiger partial charge in [-0.3, -0.25) is 4.79 Å². The SMILES string of the molecule is CC(C)(C)OC(=O)NCC(N)c1ncc(C=O)c(-c2ccc(Cl)cc2Cl)n1. The second kappa shape index (κ2) is 8.65. The Morgan fingerprint density at radius 1 is 1.37 bits per heavy atom. The van der Waals surface area contributed by atoms with Crippen molar-refractivity contribution in [1.29, 1.82) is 0 Å². The zero-order valence-electron chi connectivity index (χ0n) is 15.1. The summed E-state index contributed by atoms with van der Waals surface area (Å²) in [4.78, 5) is 31.6. The lowest BCUT2D eigenvalue weighted by atomic mass is 10.1. The van der Waals surface area contributed by atoms with Crippen LogP contribution in [0.5, 0.6) is 0 Å². The Morgan fingerprint density at radius 3 is 2.67 bits per heavy atom. The zero-order chi connectivity index (χ0) is 20.2. The average molecular weight is 411 g/mol. The fourth-order valence-corrected chi connectivity index (χ4v) is 2.66. The van der Waals surface area contributed by atoms with Gasteiger partial charge in [-0.2, -0.15) is 0 Å². The summed E-state index contributed by atoms with van der Waals surface area (Å²) < 4.78 is 5.16. The van der Waals surface area contributed by atoms with Crippen LogP contribution in [0.15, 0.2) is 24.4 Å². The van der Waals surface area contributed by atoms with Gasteiger partial charge < -0.3 is 15.8 Å². The Bertz CT molecular complexity index is 853. The first kappa shape index (κ1) is 21.1. The van der Waals surface area contributed by atoms with Crippen molar-refractivity contribution in [1.82, 2.24) is 15.3 Å². The molecule has 1 amide bonds. The number of nitrogens with one attached hydrogen (secondary N) is 1. The Morgan fingerprint density at radius 2 is 2.07 bits per heavy atom. The van der Waals surface area contributed by atoms with Gasteiger partial charge in [-0.15, -0.1) is 0 Å². The van der Waals surface area contributed by atoms with Gasteiger partial charge in [0.25, 0.3) is 0 Å². The van der Waals surface area contributed by atoms with Gasteiger partial charge in [0.05, 0.1) is 22.3 Å². The van der Waals surface area contributed by atoms with Crippen molar-refractivity contribution in [2.45, 2.75) is 32.4 Å². The molecule has 0 radical (unpaired) electrons. The number of hydrogen-bond acceptors (Lipinski definition) is 6. The van der Waals surface area contributed by atoms with E-state index < -0.39 is 17.7 Å². The summed E-state index contributed by atoms with van der Waals surface area (Å²) >= 11 is 12.1. The van der Waals surface area contributed by atoms with E-state index in [1.54, 1.807) is 39.0 Å². The Balaban J connectivity index is 2.23. The number of nitrogens with zero attached hydrogens (tertiary/aromatic N) is 2. The number of amides is 1. The van der Waals surface area contributed by atoms with Crippen molar-refractivity contribution >= 4 is 35.6 Å². The molecule has 0 saturated heterocycles. The third-order valence-corrected chi connectivity index (χ3v) is 3.89. The quantitative estimate of drug-likeness (QED) is 0.725. The van der Waals surface area contributed by atoms with Gasteiger partial charge in [-0.05, 0) is 39.0 Å². The second-order valence-electron chi connectivity index (χ2n) is 6.76. The van der Waals surface area contributed by atoms with Crippen molar-refractivity contribution in [2.24, 2.45) is 5.73 Å². The molecule has 144 valence electrons. The molecule has 0 aliphatic heterocycles. The standard InChI is InChI=1S/C18H20Cl2N4O3/c1-18(2,3)27-17(26)23-8-14(21)16-22-7-10(9-25)15(24-16)12-5-4-11(19)6-13(12)20/h4-7,9,14H,8,21H2,1-3H3,(H,23,26). The van der Waals surface area contributed by atoms with Crippen LogP contribution in [0.2, 0.25) is 10.0 Å². The molecule has 1 aromatic carbocycles. The van der Waals surface area contributed by atoms with E-state index in [4.69, 9.17) is 33.7 Å². The maximum atomic E-state index is 11.8. The highest BCUT2D eigenvalue weighted by atomic mass is 35.5. The lowest BCUT2D eigenvalue weighted by Crippen LogP contribution is -2.37. The lowest BCUT2D eigenvalue weighted by molar-refractivity contribution is 0.0524. The minimum absolute atomic E-state index is 0.0587. The molecule has 2 aromatic rings. The third-order valence-electron chi connectivity index (χ3n) is 3.35. The van der Waals surface area contributed by atoms with Gasteiger partial charge in [-0.25, -0.2) is 14.8 Å². The number of ether oxygens (including phenoxy) is 1. The predicted octanol–water partition coefficient (Wildman–Crippen LogP) is 3.79. The predicted molar refractivity (Wildman–Crippen MR) is 104 cm³/mol. The van der Waals surface area contributed by atoms with Crippen LogP contribution in [0.1, 0.15) is 43.0 Å². The van der Waals surface area contributed by atoms with E-state index in [9.17, 15) is 9.59 Å². The molecule has 2 rings (SSSR count). The first-order valence-corrected chi connectivity index (χ1v) is 8.86. The van der Waals surface area contributed by atoms with Crippen LogP contribution in [-0.4, -0.2) is 34.5 Å². The van der Waals surface area contributed by atoms with Crippen LogP contribution >= 0.6 is 23.2 Å². The highest BCUT2D eigenvalue weighted by Crippen LogP contribution is 2.31. The van der Waals surface area contributed by atoms with Gasteiger partial charge in [-0.1, -0.05) is 23.2 Å². The summed E-state index contributed by atoms with van der Waals surface area (Å²) in [5.74, 6) is 0.248. The van der Waals surface area contributed by atoms with Crippen LogP contribution in [-0.2, 0) is 4.74 Å². The number of aromatic nitrogens is 2. The molecular formula is C18H20Cl2N4O3. The number of rotatable bonds is 5. The van der Waals surface area contributed by atoms with E-state index in [1.807, 2.05) is 0 Å². The van der Waals surface area contributed by atoms with Crippen LogP contribution in [0.4, 0.5) is 4.79 Å². The van der Waals surface area contributed by atoms with Crippen LogP contribution < -0.4 is 11.1 Å². The average Bonchev–Trinajstić information content (AvgIpc) is 2.57. The molecule has 3 N–H and O–H groups in total. The number of halogens is 2. The Labute approximate surface area is 167 Å². The minimum Gasteiger partial charge on any atom is -0.444 e. The summed E-state index contributed by atoms with van der Waals surface area (Å²) in [5, 5.41) is 3.37. The molecule has 0 bridgehead atoms. The number of hydrogen-bond donors (Lipinski definition) is 2. The molecule has 0 saturated carbocycles. The lowest BCUT2D eigenvalue weighted by Gasteiger charge is -2.20. The van der Waals surface area contributed by atoms with E-state index in [1.165, 1.54) is 6.20 Å². The number of carbonyl (C=O) groups excluding carboxylic acids is 2. The zero-order valence-corrected chi connectivity index (χ0v) is 16.6. The summed E-state index contributed by atoms with van der Waals surface area (Å²) in [5.41, 5.74) is 6.58. The van der Waals surface area contributed by atoms with Crippen LogP contribution in [0, 0.1) is 0 Å². The number of carbonyl (C=O) groups is 2. The number of alkyl carbamates (subject to hydrolysis) is 1. The highest BCUT2D eigenvalue weighted by molar-refractivity contribution is 6.36. The van der Waals surface area contributed by atoms with Gasteiger partial charge in [0.2, 0.25) is 0 Å². The first-order chi connectivity index (χ1) is 12.6. The molecule has 0 aliphatic rings. The smallest absolute Gasteiger partial charge is 0.407 e. The van der Waals surface area contributed by atoms with Crippen molar-refractivity contribution in [2.75, 3.05) is 6.54 Å². The maximum absolute atomic E-state index is 11.8. The number of nitrogens with two attached hydrogens (primary N) is 1. The molecule has 1 atom stereocenters. The summed E-state index contributed by atoms with van der Waals surface area (Å²) in [7, 11) is 0. The second-order valence-corrected chi connectivity index (χ2v) is 7.61. The third kappa shape index (κ3) is 5.89. The van der Waals surface area contributed by atoms with E-state index in [-0.39, 0.29) is 17.9 Å². The van der Waals surface area contributed by atoms with E-state index >= 15 is 0 Å². The van der Waals surface area contributed by atoms with Crippen molar-refractivity contribution < 1.29 is 14.3 Å². The fraction of sp³-hybridized carbons (Fsp3) is 0.333. The minimum atomic E-state index is -0.706. The van der Waals surface area contributed by atoms with Crippen molar-refractivity contribution in [3.63, 3.8) is 0 Å². The largest absolute Gasteiger partial charge is 0.444 e. The molecular weight excluding hydrogens is 391 g/mol. The maximum Gasteiger partial charge on any atom is 0.407 e.